The quantitative estimate of drug-likeness (QED) is 0.446. The Balaban J connectivity index is 1.91. The summed E-state index contributed by atoms with van der Waals surface area (Å²) in [5, 5.41) is 1.80. The maximum atomic E-state index is 2.44. The van der Waals surface area contributed by atoms with Crippen LogP contribution in [0.1, 0.15) is 6.92 Å². The highest BCUT2D eigenvalue weighted by atomic mass is 32.2. The van der Waals surface area contributed by atoms with Crippen LogP contribution < -0.4 is 0 Å². The molecule has 9 heavy (non-hydrogen) atoms. The maximum absolute atomic E-state index is 2.44. The molecule has 0 aromatic carbocycles. The van der Waals surface area contributed by atoms with Crippen molar-refractivity contribution in [2.24, 2.45) is 0 Å². The van der Waals surface area contributed by atoms with E-state index < -0.39 is 0 Å². The summed E-state index contributed by atoms with van der Waals surface area (Å²) < 4.78 is 0. The summed E-state index contributed by atoms with van der Waals surface area (Å²) in [5.41, 5.74) is 1.62. The zero-order chi connectivity index (χ0) is 6.27. The molecule has 0 nitrogen and oxygen atoms in total. The van der Waals surface area contributed by atoms with Crippen LogP contribution in [0.4, 0.5) is 0 Å². The van der Waals surface area contributed by atoms with Crippen LogP contribution in [0.15, 0.2) is 11.6 Å². The van der Waals surface area contributed by atoms with Gasteiger partial charge in [0.25, 0.3) is 0 Å². The van der Waals surface area contributed by atoms with Crippen molar-refractivity contribution in [1.29, 1.82) is 0 Å². The molecule has 0 spiro atoms. The SMILES string of the molecule is C/C(=C/C1CS1)C1CS1. The molecule has 0 aliphatic carbocycles. The van der Waals surface area contributed by atoms with Crippen LogP contribution in [-0.2, 0) is 0 Å². The highest BCUT2D eigenvalue weighted by molar-refractivity contribution is 8.07. The molecule has 2 atom stereocenters. The van der Waals surface area contributed by atoms with Gasteiger partial charge in [-0.3, -0.25) is 0 Å². The monoisotopic (exact) mass is 158 g/mol. The molecule has 0 aromatic rings. The Labute approximate surface area is 64.5 Å². The second-order valence-corrected chi connectivity index (χ2v) is 5.11. The fraction of sp³-hybridized carbons (Fsp3) is 0.714. The van der Waals surface area contributed by atoms with Crippen LogP contribution in [0.5, 0.6) is 0 Å². The van der Waals surface area contributed by atoms with Gasteiger partial charge in [-0.1, -0.05) is 11.6 Å². The Morgan fingerprint density at radius 2 is 2.11 bits per heavy atom. The fourth-order valence-electron chi connectivity index (χ4n) is 0.863. The molecule has 2 heterocycles. The van der Waals surface area contributed by atoms with E-state index in [2.05, 4.69) is 36.5 Å². The first kappa shape index (κ1) is 6.17. The lowest BCUT2D eigenvalue weighted by molar-refractivity contribution is 1.19. The first-order chi connectivity index (χ1) is 4.36. The van der Waals surface area contributed by atoms with E-state index in [4.69, 9.17) is 0 Å². The molecule has 0 amide bonds. The van der Waals surface area contributed by atoms with Gasteiger partial charge in [0.05, 0.1) is 0 Å². The summed E-state index contributed by atoms with van der Waals surface area (Å²) in [7, 11) is 0. The maximum Gasteiger partial charge on any atom is 0.0345 e. The third-order valence-corrected chi connectivity index (χ3v) is 3.54. The number of thioether (sulfide) groups is 2. The van der Waals surface area contributed by atoms with Crippen molar-refractivity contribution in [2.75, 3.05) is 11.5 Å². The zero-order valence-corrected chi connectivity index (χ0v) is 7.10. The minimum atomic E-state index is 0.895. The average molecular weight is 158 g/mol. The van der Waals surface area contributed by atoms with Crippen LogP contribution in [-0.4, -0.2) is 22.0 Å². The average Bonchev–Trinajstić information content (AvgIpc) is 2.62. The molecule has 2 aliphatic rings. The van der Waals surface area contributed by atoms with Gasteiger partial charge in [0.15, 0.2) is 0 Å². The first-order valence-electron chi connectivity index (χ1n) is 3.28. The minimum absolute atomic E-state index is 0.895. The highest BCUT2D eigenvalue weighted by Crippen LogP contribution is 2.39. The Morgan fingerprint density at radius 1 is 1.44 bits per heavy atom. The lowest BCUT2D eigenvalue weighted by Crippen LogP contribution is -1.87. The van der Waals surface area contributed by atoms with Crippen molar-refractivity contribution in [1.82, 2.24) is 0 Å². The van der Waals surface area contributed by atoms with Crippen molar-refractivity contribution in [3.05, 3.63) is 11.6 Å². The molecule has 2 fully saturated rings. The Hall–Kier alpha value is 0.440. The predicted molar refractivity (Wildman–Crippen MR) is 46.2 cm³/mol. The minimum Gasteiger partial charge on any atom is -0.152 e. The summed E-state index contributed by atoms with van der Waals surface area (Å²) in [6, 6.07) is 0. The molecule has 0 radical (unpaired) electrons. The van der Waals surface area contributed by atoms with Crippen LogP contribution in [0, 0.1) is 0 Å². The molecule has 0 N–H and O–H groups in total. The number of rotatable bonds is 2. The van der Waals surface area contributed by atoms with E-state index in [1.165, 1.54) is 11.5 Å². The molecular weight excluding hydrogens is 148 g/mol. The van der Waals surface area contributed by atoms with E-state index in [0.29, 0.717) is 0 Å². The molecular formula is C7H10S2. The van der Waals surface area contributed by atoms with Gasteiger partial charge in [0.2, 0.25) is 0 Å². The molecule has 2 unspecified atom stereocenters. The van der Waals surface area contributed by atoms with Crippen molar-refractivity contribution in [3.63, 3.8) is 0 Å². The van der Waals surface area contributed by atoms with E-state index in [0.717, 1.165) is 10.5 Å². The van der Waals surface area contributed by atoms with Crippen molar-refractivity contribution < 1.29 is 0 Å². The number of hydrogen-bond acceptors (Lipinski definition) is 2. The van der Waals surface area contributed by atoms with E-state index in [9.17, 15) is 0 Å². The van der Waals surface area contributed by atoms with E-state index >= 15 is 0 Å². The fourth-order valence-corrected chi connectivity index (χ4v) is 2.08. The van der Waals surface area contributed by atoms with Crippen LogP contribution in [0.2, 0.25) is 0 Å². The third kappa shape index (κ3) is 1.68. The van der Waals surface area contributed by atoms with Gasteiger partial charge in [-0.25, -0.2) is 0 Å². The molecule has 2 rings (SSSR count). The second kappa shape index (κ2) is 2.24. The summed E-state index contributed by atoms with van der Waals surface area (Å²) in [4.78, 5) is 0. The topological polar surface area (TPSA) is 0 Å². The zero-order valence-electron chi connectivity index (χ0n) is 5.46. The van der Waals surface area contributed by atoms with Gasteiger partial charge >= 0.3 is 0 Å². The standard InChI is InChI=1S/C7H10S2/c1-5(7-4-9-7)2-6-3-8-6/h2,6-7H,3-4H2,1H3/b5-2-. The Morgan fingerprint density at radius 3 is 2.56 bits per heavy atom. The normalized spacial score (nSPS) is 40.8. The van der Waals surface area contributed by atoms with Gasteiger partial charge in [-0.05, 0) is 6.92 Å². The van der Waals surface area contributed by atoms with Gasteiger partial charge in [0.1, 0.15) is 0 Å². The number of hydrogen-bond donors (Lipinski definition) is 0. The van der Waals surface area contributed by atoms with E-state index in [1.807, 2.05) is 0 Å². The molecule has 0 bridgehead atoms. The van der Waals surface area contributed by atoms with Gasteiger partial charge in [-0.15, -0.1) is 0 Å². The highest BCUT2D eigenvalue weighted by Gasteiger charge is 2.27. The van der Waals surface area contributed by atoms with Crippen LogP contribution in [0.3, 0.4) is 0 Å². The summed E-state index contributed by atoms with van der Waals surface area (Å²) in [6.45, 7) is 2.27. The smallest absolute Gasteiger partial charge is 0.0345 e. The van der Waals surface area contributed by atoms with Crippen LogP contribution >= 0.6 is 23.5 Å². The van der Waals surface area contributed by atoms with Gasteiger partial charge in [0, 0.05) is 22.0 Å². The molecule has 2 saturated heterocycles. The van der Waals surface area contributed by atoms with Gasteiger partial charge < -0.3 is 0 Å². The summed E-state index contributed by atoms with van der Waals surface area (Å²) in [5.74, 6) is 2.74. The lowest BCUT2D eigenvalue weighted by atomic mass is 10.2. The summed E-state index contributed by atoms with van der Waals surface area (Å²) in [6.07, 6.45) is 2.44. The van der Waals surface area contributed by atoms with Crippen LogP contribution in [0.25, 0.3) is 0 Å². The van der Waals surface area contributed by atoms with Gasteiger partial charge in [-0.2, -0.15) is 23.5 Å². The molecule has 2 heteroatoms. The largest absolute Gasteiger partial charge is 0.152 e. The summed E-state index contributed by atoms with van der Waals surface area (Å²) >= 11 is 4.12. The predicted octanol–water partition coefficient (Wildman–Crippen LogP) is 2.16. The third-order valence-electron chi connectivity index (χ3n) is 1.65. The molecule has 0 saturated carbocycles. The van der Waals surface area contributed by atoms with Crippen molar-refractivity contribution >= 4 is 23.5 Å². The molecule has 50 valence electrons. The van der Waals surface area contributed by atoms with E-state index in [-0.39, 0.29) is 0 Å². The second-order valence-electron chi connectivity index (χ2n) is 2.60. The van der Waals surface area contributed by atoms with E-state index in [1.54, 1.807) is 5.57 Å². The lowest BCUT2D eigenvalue weighted by Gasteiger charge is -1.90. The molecule has 0 aromatic heterocycles. The Kier molecular flexibility index (Phi) is 1.54. The first-order valence-corrected chi connectivity index (χ1v) is 5.37. The Bertz CT molecular complexity index is 143. The van der Waals surface area contributed by atoms with Crippen molar-refractivity contribution in [2.45, 2.75) is 17.4 Å². The van der Waals surface area contributed by atoms with Crippen molar-refractivity contribution in [3.8, 4) is 0 Å². The molecule has 2 aliphatic heterocycles.